The van der Waals surface area contributed by atoms with Crippen molar-refractivity contribution in [3.63, 3.8) is 0 Å². The Morgan fingerprint density at radius 1 is 1.54 bits per heavy atom. The molecule has 0 bridgehead atoms. The third-order valence-corrected chi connectivity index (χ3v) is 1.93. The van der Waals surface area contributed by atoms with E-state index in [1.807, 2.05) is 0 Å². The second kappa shape index (κ2) is 4.07. The number of aliphatic hydroxyl groups excluding tert-OH is 1. The Bertz CT molecular complexity index is 310. The average Bonchev–Trinajstić information content (AvgIpc) is 2.16. The smallest absolute Gasteiger partial charge is 0.121 e. The summed E-state index contributed by atoms with van der Waals surface area (Å²) in [7, 11) is 0. The van der Waals surface area contributed by atoms with Crippen molar-refractivity contribution in [2.24, 2.45) is 5.73 Å². The summed E-state index contributed by atoms with van der Waals surface area (Å²) in [6, 6.07) is 4.49. The molecule has 0 aliphatic heterocycles. The lowest BCUT2D eigenvalue weighted by molar-refractivity contribution is 0.279. The van der Waals surface area contributed by atoms with Crippen molar-refractivity contribution in [3.8, 4) is 5.75 Å². The molecule has 0 spiro atoms. The molecule has 1 rings (SSSR count). The number of phenolic OH excluding ortho intramolecular Hbond substituents is 1. The molecule has 0 saturated heterocycles. The van der Waals surface area contributed by atoms with Crippen LogP contribution in [0.4, 0.5) is 0 Å². The molecule has 70 valence electrons. The maximum atomic E-state index is 9.49. The molecule has 4 N–H and O–H groups in total. The van der Waals surface area contributed by atoms with Crippen LogP contribution in [0.15, 0.2) is 30.9 Å². The van der Waals surface area contributed by atoms with Crippen LogP contribution in [-0.2, 0) is 6.61 Å². The molecule has 13 heavy (non-hydrogen) atoms. The van der Waals surface area contributed by atoms with Gasteiger partial charge in [0.05, 0.1) is 12.6 Å². The molecule has 0 aliphatic rings. The summed E-state index contributed by atoms with van der Waals surface area (Å²) >= 11 is 0. The Morgan fingerprint density at radius 2 is 2.23 bits per heavy atom. The molecule has 0 fully saturated rings. The van der Waals surface area contributed by atoms with E-state index in [-0.39, 0.29) is 12.4 Å². The first-order chi connectivity index (χ1) is 6.20. The maximum absolute atomic E-state index is 9.49. The highest BCUT2D eigenvalue weighted by Crippen LogP contribution is 2.26. The molecule has 3 nitrogen and oxygen atoms in total. The Hall–Kier alpha value is -1.32. The van der Waals surface area contributed by atoms with Gasteiger partial charge in [0.15, 0.2) is 0 Å². The minimum Gasteiger partial charge on any atom is -0.508 e. The van der Waals surface area contributed by atoms with E-state index in [1.165, 1.54) is 12.1 Å². The van der Waals surface area contributed by atoms with E-state index >= 15 is 0 Å². The molecule has 0 heterocycles. The number of rotatable bonds is 3. The van der Waals surface area contributed by atoms with Crippen molar-refractivity contribution in [1.29, 1.82) is 0 Å². The first-order valence-corrected chi connectivity index (χ1v) is 4.00. The van der Waals surface area contributed by atoms with Crippen molar-refractivity contribution in [1.82, 2.24) is 0 Å². The summed E-state index contributed by atoms with van der Waals surface area (Å²) in [6.45, 7) is 3.40. The largest absolute Gasteiger partial charge is 0.508 e. The van der Waals surface area contributed by atoms with Gasteiger partial charge in [-0.2, -0.15) is 0 Å². The van der Waals surface area contributed by atoms with Crippen LogP contribution < -0.4 is 5.73 Å². The molecule has 0 saturated carbocycles. The van der Waals surface area contributed by atoms with Gasteiger partial charge in [-0.1, -0.05) is 18.2 Å². The van der Waals surface area contributed by atoms with Gasteiger partial charge in [-0.15, -0.1) is 6.58 Å². The number of nitrogens with two attached hydrogens (primary N) is 1. The molecule has 1 aromatic rings. The van der Waals surface area contributed by atoms with Crippen molar-refractivity contribution in [2.75, 3.05) is 0 Å². The van der Waals surface area contributed by atoms with Gasteiger partial charge < -0.3 is 15.9 Å². The molecular formula is C10H13NO2. The van der Waals surface area contributed by atoms with Gasteiger partial charge in [0.2, 0.25) is 0 Å². The normalized spacial score (nSPS) is 12.5. The van der Waals surface area contributed by atoms with Crippen LogP contribution in [0.25, 0.3) is 0 Å². The fourth-order valence-electron chi connectivity index (χ4n) is 1.24. The van der Waals surface area contributed by atoms with E-state index in [2.05, 4.69) is 6.58 Å². The van der Waals surface area contributed by atoms with Gasteiger partial charge >= 0.3 is 0 Å². The van der Waals surface area contributed by atoms with Crippen LogP contribution >= 0.6 is 0 Å². The first-order valence-electron chi connectivity index (χ1n) is 4.00. The third kappa shape index (κ3) is 1.88. The standard InChI is InChI=1S/C10H13NO2/c1-2-8(11)10-7(6-12)4-3-5-9(10)13/h2-5,8,12-13H,1,6,11H2/t8-/m1/s1. The fraction of sp³-hybridized carbons (Fsp3) is 0.200. The highest BCUT2D eigenvalue weighted by atomic mass is 16.3. The molecule has 1 atom stereocenters. The van der Waals surface area contributed by atoms with Gasteiger partial charge in [-0.3, -0.25) is 0 Å². The van der Waals surface area contributed by atoms with Crippen molar-refractivity contribution >= 4 is 0 Å². The van der Waals surface area contributed by atoms with E-state index in [4.69, 9.17) is 10.8 Å². The summed E-state index contributed by atoms with van der Waals surface area (Å²) in [5, 5.41) is 18.5. The number of aromatic hydroxyl groups is 1. The van der Waals surface area contributed by atoms with E-state index in [9.17, 15) is 5.11 Å². The quantitative estimate of drug-likeness (QED) is 0.608. The van der Waals surface area contributed by atoms with E-state index in [1.54, 1.807) is 12.1 Å². The van der Waals surface area contributed by atoms with Crippen molar-refractivity contribution in [3.05, 3.63) is 42.0 Å². The van der Waals surface area contributed by atoms with Crippen LogP contribution in [-0.4, -0.2) is 10.2 Å². The molecule has 3 heteroatoms. The Morgan fingerprint density at radius 3 is 2.77 bits per heavy atom. The van der Waals surface area contributed by atoms with Gasteiger partial charge in [0.1, 0.15) is 5.75 Å². The average molecular weight is 179 g/mol. The lowest BCUT2D eigenvalue weighted by Gasteiger charge is -2.13. The first kappa shape index (κ1) is 9.77. The Labute approximate surface area is 77.1 Å². The van der Waals surface area contributed by atoms with Gasteiger partial charge in [-0.25, -0.2) is 0 Å². The van der Waals surface area contributed by atoms with E-state index in [0.717, 1.165) is 0 Å². The molecular weight excluding hydrogens is 166 g/mol. The highest BCUT2D eigenvalue weighted by molar-refractivity contribution is 5.42. The molecule has 1 aromatic carbocycles. The fourth-order valence-corrected chi connectivity index (χ4v) is 1.24. The van der Waals surface area contributed by atoms with Gasteiger partial charge in [-0.05, 0) is 11.6 Å². The van der Waals surface area contributed by atoms with Crippen LogP contribution in [0, 0.1) is 0 Å². The number of hydrogen-bond donors (Lipinski definition) is 3. The summed E-state index contributed by atoms with van der Waals surface area (Å²) in [5.74, 6) is 0.0963. The number of aliphatic hydroxyl groups is 1. The zero-order chi connectivity index (χ0) is 9.84. The Balaban J connectivity index is 3.22. The van der Waals surface area contributed by atoms with Gasteiger partial charge in [0, 0.05) is 5.56 Å². The van der Waals surface area contributed by atoms with Crippen LogP contribution in [0.5, 0.6) is 5.75 Å². The van der Waals surface area contributed by atoms with Crippen LogP contribution in [0.1, 0.15) is 17.2 Å². The monoisotopic (exact) mass is 179 g/mol. The molecule has 0 radical (unpaired) electrons. The minimum absolute atomic E-state index is 0.0963. The predicted octanol–water partition coefficient (Wildman–Crippen LogP) is 1.07. The van der Waals surface area contributed by atoms with Gasteiger partial charge in [0.25, 0.3) is 0 Å². The highest BCUT2D eigenvalue weighted by Gasteiger charge is 2.11. The summed E-state index contributed by atoms with van der Waals surface area (Å²) < 4.78 is 0. The van der Waals surface area contributed by atoms with Crippen molar-refractivity contribution < 1.29 is 10.2 Å². The molecule has 0 aliphatic carbocycles. The SMILES string of the molecule is C=C[C@@H](N)c1c(O)cccc1CO. The second-order valence-corrected chi connectivity index (χ2v) is 2.77. The number of hydrogen-bond acceptors (Lipinski definition) is 3. The molecule has 0 unspecified atom stereocenters. The third-order valence-electron chi connectivity index (χ3n) is 1.93. The molecule has 0 aromatic heterocycles. The summed E-state index contributed by atoms with van der Waals surface area (Å²) in [5.41, 5.74) is 6.86. The zero-order valence-electron chi connectivity index (χ0n) is 7.27. The summed E-state index contributed by atoms with van der Waals surface area (Å²) in [4.78, 5) is 0. The number of phenols is 1. The van der Waals surface area contributed by atoms with E-state index < -0.39 is 6.04 Å². The lowest BCUT2D eigenvalue weighted by atomic mass is 10.0. The predicted molar refractivity (Wildman–Crippen MR) is 51.2 cm³/mol. The van der Waals surface area contributed by atoms with Crippen LogP contribution in [0.3, 0.4) is 0 Å². The topological polar surface area (TPSA) is 66.5 Å². The second-order valence-electron chi connectivity index (χ2n) is 2.77. The molecule has 0 amide bonds. The zero-order valence-corrected chi connectivity index (χ0v) is 7.27. The van der Waals surface area contributed by atoms with Crippen molar-refractivity contribution in [2.45, 2.75) is 12.6 Å². The Kier molecular flexibility index (Phi) is 3.06. The maximum Gasteiger partial charge on any atom is 0.121 e. The minimum atomic E-state index is -0.441. The lowest BCUT2D eigenvalue weighted by Crippen LogP contribution is -2.09. The summed E-state index contributed by atoms with van der Waals surface area (Å²) in [6.07, 6.45) is 1.52. The number of benzene rings is 1. The van der Waals surface area contributed by atoms with E-state index in [0.29, 0.717) is 11.1 Å². The van der Waals surface area contributed by atoms with Crippen LogP contribution in [0.2, 0.25) is 0 Å².